The number of hydrogen-bond donors (Lipinski definition) is 2. The number of aromatic nitrogens is 1. The van der Waals surface area contributed by atoms with Crippen LogP contribution in [0, 0.1) is 0 Å². The molecule has 0 bridgehead atoms. The predicted molar refractivity (Wildman–Crippen MR) is 116 cm³/mol. The highest BCUT2D eigenvalue weighted by Crippen LogP contribution is 2.29. The first-order valence-corrected chi connectivity index (χ1v) is 10.9. The van der Waals surface area contributed by atoms with E-state index in [-0.39, 0.29) is 4.90 Å². The van der Waals surface area contributed by atoms with Gasteiger partial charge in [-0.1, -0.05) is 36.4 Å². The minimum Gasteiger partial charge on any atom is -0.408 e. The molecule has 1 aromatic heterocycles. The van der Waals surface area contributed by atoms with Crippen LogP contribution >= 0.6 is 0 Å². The molecular weight excluding hydrogens is 400 g/mol. The van der Waals surface area contributed by atoms with E-state index in [1.54, 1.807) is 10.6 Å². The zero-order valence-electron chi connectivity index (χ0n) is 16.1. The van der Waals surface area contributed by atoms with Crippen molar-refractivity contribution in [3.63, 3.8) is 0 Å². The average Bonchev–Trinajstić information content (AvgIpc) is 3.07. The van der Waals surface area contributed by atoms with Gasteiger partial charge in [0.2, 0.25) is 0 Å². The monoisotopic (exact) mass is 420 g/mol. The van der Waals surface area contributed by atoms with E-state index in [1.807, 2.05) is 12.1 Å². The van der Waals surface area contributed by atoms with Crippen LogP contribution in [0.4, 0.5) is 0 Å². The van der Waals surface area contributed by atoms with E-state index in [2.05, 4.69) is 35.6 Å². The van der Waals surface area contributed by atoms with Gasteiger partial charge < -0.3 is 14.3 Å². The maximum Gasteiger partial charge on any atom is 0.420 e. The lowest BCUT2D eigenvalue weighted by atomic mass is 9.91. The second kappa shape index (κ2) is 7.68. The quantitative estimate of drug-likeness (QED) is 0.494. The van der Waals surface area contributed by atoms with Gasteiger partial charge in [-0.05, 0) is 59.0 Å². The molecule has 1 aliphatic rings. The number of hydrogen-bond acceptors (Lipinski definition) is 4. The SMILES string of the molecule is O=c1oc2cc(S(=O)O)ccc2n1Cc1cccc(-c2cccc3c2CNCC3)c1. The Bertz CT molecular complexity index is 1340. The summed E-state index contributed by atoms with van der Waals surface area (Å²) in [5.41, 5.74) is 6.92. The Hall–Kier alpha value is -3.00. The summed E-state index contributed by atoms with van der Waals surface area (Å²) >= 11 is -2.12. The van der Waals surface area contributed by atoms with E-state index in [4.69, 9.17) is 4.42 Å². The van der Waals surface area contributed by atoms with Gasteiger partial charge >= 0.3 is 5.76 Å². The molecule has 2 N–H and O–H groups in total. The van der Waals surface area contributed by atoms with Gasteiger partial charge in [0.1, 0.15) is 0 Å². The van der Waals surface area contributed by atoms with Crippen LogP contribution < -0.4 is 11.1 Å². The first-order chi connectivity index (χ1) is 14.6. The number of rotatable bonds is 4. The third-order valence-electron chi connectivity index (χ3n) is 5.57. The van der Waals surface area contributed by atoms with Crippen LogP contribution in [0.1, 0.15) is 16.7 Å². The molecule has 0 aliphatic carbocycles. The Morgan fingerprint density at radius 1 is 1.10 bits per heavy atom. The van der Waals surface area contributed by atoms with Gasteiger partial charge in [-0.3, -0.25) is 4.57 Å². The Morgan fingerprint density at radius 2 is 1.97 bits per heavy atom. The van der Waals surface area contributed by atoms with Crippen molar-refractivity contribution in [2.75, 3.05) is 6.54 Å². The van der Waals surface area contributed by atoms with Crippen LogP contribution in [-0.2, 0) is 30.6 Å². The summed E-state index contributed by atoms with van der Waals surface area (Å²) < 4.78 is 27.4. The normalized spacial score (nSPS) is 14.6. The number of nitrogens with zero attached hydrogens (tertiary/aromatic N) is 1. The molecule has 30 heavy (non-hydrogen) atoms. The molecule has 0 spiro atoms. The van der Waals surface area contributed by atoms with Crippen molar-refractivity contribution >= 4 is 22.2 Å². The van der Waals surface area contributed by atoms with E-state index >= 15 is 0 Å². The van der Waals surface area contributed by atoms with Crippen molar-refractivity contribution in [2.45, 2.75) is 24.4 Å². The third-order valence-corrected chi connectivity index (χ3v) is 6.22. The van der Waals surface area contributed by atoms with Gasteiger partial charge in [-0.15, -0.1) is 0 Å². The van der Waals surface area contributed by atoms with Crippen molar-refractivity contribution in [3.8, 4) is 11.1 Å². The zero-order valence-corrected chi connectivity index (χ0v) is 16.9. The molecule has 0 radical (unpaired) electrons. The minimum atomic E-state index is -2.12. The van der Waals surface area contributed by atoms with E-state index in [0.717, 1.165) is 30.6 Å². The smallest absolute Gasteiger partial charge is 0.408 e. The molecule has 0 saturated heterocycles. The fourth-order valence-electron chi connectivity index (χ4n) is 4.11. The molecule has 2 heterocycles. The van der Waals surface area contributed by atoms with Crippen molar-refractivity contribution in [1.82, 2.24) is 9.88 Å². The highest BCUT2D eigenvalue weighted by atomic mass is 32.2. The molecule has 0 fully saturated rings. The zero-order chi connectivity index (χ0) is 20.7. The molecule has 0 saturated carbocycles. The maximum absolute atomic E-state index is 12.4. The lowest BCUT2D eigenvalue weighted by molar-refractivity contribution is 0.517. The molecule has 152 valence electrons. The summed E-state index contributed by atoms with van der Waals surface area (Å²) in [5, 5.41) is 3.44. The predicted octanol–water partition coefficient (Wildman–Crippen LogP) is 3.54. The highest BCUT2D eigenvalue weighted by molar-refractivity contribution is 7.79. The summed E-state index contributed by atoms with van der Waals surface area (Å²) in [6.45, 7) is 2.21. The number of oxazole rings is 1. The largest absolute Gasteiger partial charge is 0.420 e. The minimum absolute atomic E-state index is 0.202. The molecule has 3 aromatic carbocycles. The van der Waals surface area contributed by atoms with Gasteiger partial charge in [0.15, 0.2) is 16.7 Å². The van der Waals surface area contributed by atoms with Crippen molar-refractivity contribution in [3.05, 3.63) is 87.9 Å². The number of fused-ring (bicyclic) bond motifs is 2. The molecule has 4 aromatic rings. The Morgan fingerprint density at radius 3 is 2.83 bits per heavy atom. The second-order valence-corrected chi connectivity index (χ2v) is 8.37. The molecule has 6 nitrogen and oxygen atoms in total. The summed E-state index contributed by atoms with van der Waals surface area (Å²) in [6, 6.07) is 19.2. The molecule has 5 rings (SSSR count). The second-order valence-electron chi connectivity index (χ2n) is 7.40. The van der Waals surface area contributed by atoms with Crippen LogP contribution in [0.5, 0.6) is 0 Å². The van der Waals surface area contributed by atoms with Gasteiger partial charge in [-0.25, -0.2) is 9.00 Å². The van der Waals surface area contributed by atoms with Crippen LogP contribution in [0.15, 0.2) is 74.8 Å². The van der Waals surface area contributed by atoms with Crippen molar-refractivity contribution in [1.29, 1.82) is 0 Å². The fraction of sp³-hybridized carbons (Fsp3) is 0.174. The maximum atomic E-state index is 12.4. The van der Waals surface area contributed by atoms with Gasteiger partial charge in [-0.2, -0.15) is 0 Å². The lowest BCUT2D eigenvalue weighted by Gasteiger charge is -2.20. The summed E-state index contributed by atoms with van der Waals surface area (Å²) in [6.07, 6.45) is 1.03. The van der Waals surface area contributed by atoms with Gasteiger partial charge in [0, 0.05) is 12.6 Å². The molecule has 1 atom stereocenters. The van der Waals surface area contributed by atoms with Crippen LogP contribution in [-0.4, -0.2) is 19.9 Å². The molecule has 1 aliphatic heterocycles. The lowest BCUT2D eigenvalue weighted by Crippen LogP contribution is -2.24. The third kappa shape index (κ3) is 3.41. The molecular formula is C23H20N2O4S. The molecule has 7 heteroatoms. The number of nitrogens with one attached hydrogen (secondary N) is 1. The Balaban J connectivity index is 1.53. The van der Waals surface area contributed by atoms with E-state index in [9.17, 15) is 13.6 Å². The Kier molecular flexibility index (Phi) is 4.86. The highest BCUT2D eigenvalue weighted by Gasteiger charge is 2.15. The summed E-state index contributed by atoms with van der Waals surface area (Å²) in [5.74, 6) is -0.488. The summed E-state index contributed by atoms with van der Waals surface area (Å²) in [7, 11) is 0. The standard InChI is InChI=1S/C23H20N2O4S/c26-23-25(21-8-7-18(30(27)28)12-22(21)29-23)14-15-3-1-5-17(11-15)19-6-2-4-16-9-10-24-13-20(16)19/h1-8,11-12,24H,9-10,13-14H2,(H,27,28). The topological polar surface area (TPSA) is 84.5 Å². The van der Waals surface area contributed by atoms with Crippen LogP contribution in [0.3, 0.4) is 0 Å². The molecule has 0 amide bonds. The Labute approximate surface area is 175 Å². The molecule has 1 unspecified atom stereocenters. The summed E-state index contributed by atoms with van der Waals surface area (Å²) in [4.78, 5) is 12.6. The first-order valence-electron chi connectivity index (χ1n) is 9.75. The van der Waals surface area contributed by atoms with Crippen LogP contribution in [0.25, 0.3) is 22.2 Å². The van der Waals surface area contributed by atoms with Crippen molar-refractivity contribution in [2.24, 2.45) is 0 Å². The van der Waals surface area contributed by atoms with E-state index in [1.165, 1.54) is 28.8 Å². The van der Waals surface area contributed by atoms with Gasteiger partial charge in [0.05, 0.1) is 17.0 Å². The number of benzene rings is 3. The fourth-order valence-corrected chi connectivity index (χ4v) is 4.50. The van der Waals surface area contributed by atoms with E-state index < -0.39 is 16.8 Å². The average molecular weight is 420 g/mol. The first kappa shape index (κ1) is 19.0. The van der Waals surface area contributed by atoms with Crippen LogP contribution in [0.2, 0.25) is 0 Å². The van der Waals surface area contributed by atoms with Crippen molar-refractivity contribution < 1.29 is 13.2 Å². The van der Waals surface area contributed by atoms with Gasteiger partial charge in [0.25, 0.3) is 0 Å². The van der Waals surface area contributed by atoms with E-state index in [0.29, 0.717) is 17.6 Å².